The highest BCUT2D eigenvalue weighted by Crippen LogP contribution is 2.42. The lowest BCUT2D eigenvalue weighted by atomic mass is 9.75. The monoisotopic (exact) mass is 472 g/mol. The van der Waals surface area contributed by atoms with E-state index in [9.17, 15) is 9.59 Å². The topological polar surface area (TPSA) is 61.8 Å². The van der Waals surface area contributed by atoms with Gasteiger partial charge < -0.3 is 14.2 Å². The van der Waals surface area contributed by atoms with Gasteiger partial charge in [0.1, 0.15) is 18.1 Å². The van der Waals surface area contributed by atoms with Crippen LogP contribution in [0.4, 0.5) is 0 Å². The molecule has 4 aliphatic rings. The number of carbonyl (C=O) groups is 2. The number of ether oxygens (including phenoxy) is 3. The molecule has 9 unspecified atom stereocenters. The highest BCUT2D eigenvalue weighted by molar-refractivity contribution is 5.87. The molecule has 2 heterocycles. The quantitative estimate of drug-likeness (QED) is 0.275. The van der Waals surface area contributed by atoms with E-state index < -0.39 is 5.92 Å². The second-order valence-electron chi connectivity index (χ2n) is 12.1. The molecule has 0 amide bonds. The van der Waals surface area contributed by atoms with Gasteiger partial charge in [-0.05, 0) is 66.8 Å². The van der Waals surface area contributed by atoms with Crippen molar-refractivity contribution in [3.05, 3.63) is 23.8 Å². The molecule has 2 bridgehead atoms. The second kappa shape index (κ2) is 10.6. The van der Waals surface area contributed by atoms with Crippen molar-refractivity contribution >= 4 is 11.9 Å². The maximum atomic E-state index is 13.4. The Balaban J connectivity index is 1.47. The molecule has 0 aromatic carbocycles. The average Bonchev–Trinajstić information content (AvgIpc) is 3.35. The Labute approximate surface area is 205 Å². The van der Waals surface area contributed by atoms with E-state index in [-0.39, 0.29) is 36.4 Å². The van der Waals surface area contributed by atoms with Gasteiger partial charge in [-0.15, -0.1) is 0 Å². The fourth-order valence-corrected chi connectivity index (χ4v) is 6.70. The predicted molar refractivity (Wildman–Crippen MR) is 132 cm³/mol. The van der Waals surface area contributed by atoms with Gasteiger partial charge >= 0.3 is 11.9 Å². The SMILES string of the molecule is CC1CCC(C(C)C)C(OC(=O)/C=C2\C3C=CC(O3)C2C(=O)OC2CC(C)CCC2C(C)C)C1. The lowest BCUT2D eigenvalue weighted by molar-refractivity contribution is -0.160. The van der Waals surface area contributed by atoms with Crippen LogP contribution in [0.1, 0.15) is 80.1 Å². The third kappa shape index (κ3) is 5.45. The smallest absolute Gasteiger partial charge is 0.331 e. The maximum absolute atomic E-state index is 13.4. The summed E-state index contributed by atoms with van der Waals surface area (Å²) in [5, 5.41) is 0. The van der Waals surface area contributed by atoms with Crippen LogP contribution >= 0.6 is 0 Å². The first kappa shape index (κ1) is 25.5. The molecule has 9 atom stereocenters. The minimum atomic E-state index is -0.557. The Bertz CT molecular complexity index is 811. The zero-order valence-corrected chi connectivity index (χ0v) is 21.9. The molecule has 2 saturated carbocycles. The van der Waals surface area contributed by atoms with Crippen molar-refractivity contribution < 1.29 is 23.8 Å². The largest absolute Gasteiger partial charge is 0.462 e. The van der Waals surface area contributed by atoms with Gasteiger partial charge in [0.15, 0.2) is 0 Å². The van der Waals surface area contributed by atoms with Crippen LogP contribution in [0.5, 0.6) is 0 Å². The first-order valence-electron chi connectivity index (χ1n) is 13.6. The van der Waals surface area contributed by atoms with Gasteiger partial charge in [-0.2, -0.15) is 0 Å². The summed E-state index contributed by atoms with van der Waals surface area (Å²) in [4.78, 5) is 26.4. The van der Waals surface area contributed by atoms with E-state index in [1.54, 1.807) is 0 Å². The highest BCUT2D eigenvalue weighted by Gasteiger charge is 2.48. The van der Waals surface area contributed by atoms with Crippen molar-refractivity contribution in [1.29, 1.82) is 0 Å². The lowest BCUT2D eigenvalue weighted by Gasteiger charge is -2.37. The average molecular weight is 473 g/mol. The van der Waals surface area contributed by atoms with Crippen molar-refractivity contribution in [2.45, 2.75) is 104 Å². The maximum Gasteiger partial charge on any atom is 0.331 e. The van der Waals surface area contributed by atoms with Crippen LogP contribution in [0.2, 0.25) is 0 Å². The predicted octanol–water partition coefficient (Wildman–Crippen LogP) is 5.87. The van der Waals surface area contributed by atoms with Gasteiger partial charge in [0.2, 0.25) is 0 Å². The molecule has 0 N–H and O–H groups in total. The van der Waals surface area contributed by atoms with Crippen molar-refractivity contribution in [2.75, 3.05) is 0 Å². The number of carbonyl (C=O) groups excluding carboxylic acids is 2. The van der Waals surface area contributed by atoms with Crippen LogP contribution in [0.3, 0.4) is 0 Å². The number of fused-ring (bicyclic) bond motifs is 2. The van der Waals surface area contributed by atoms with Crippen LogP contribution in [0, 0.1) is 41.4 Å². The number of rotatable bonds is 6. The summed E-state index contributed by atoms with van der Waals surface area (Å²) < 4.78 is 18.1. The standard InChI is InChI=1S/C29H44O5/c1-16(2)20-9-7-18(5)13-25(20)33-27(30)15-22-23-11-12-24(32-23)28(22)29(31)34-26-14-19(6)8-10-21(26)17(3)4/h11-12,15-21,23-26,28H,7-10,13-14H2,1-6H3/b22-15+. The normalized spacial score (nSPS) is 40.8. The zero-order valence-electron chi connectivity index (χ0n) is 21.9. The molecule has 2 aliphatic carbocycles. The minimum absolute atomic E-state index is 0.0657. The van der Waals surface area contributed by atoms with Crippen LogP contribution in [-0.2, 0) is 23.8 Å². The summed E-state index contributed by atoms with van der Waals surface area (Å²) in [6, 6.07) is 0. The van der Waals surface area contributed by atoms with E-state index in [0.717, 1.165) is 25.7 Å². The fourth-order valence-electron chi connectivity index (χ4n) is 6.70. The van der Waals surface area contributed by atoms with E-state index >= 15 is 0 Å². The second-order valence-corrected chi connectivity index (χ2v) is 12.1. The van der Waals surface area contributed by atoms with Gasteiger partial charge in [-0.25, -0.2) is 4.79 Å². The Morgan fingerprint density at radius 2 is 1.44 bits per heavy atom. The molecule has 3 fully saturated rings. The van der Waals surface area contributed by atoms with Crippen LogP contribution in [0.25, 0.3) is 0 Å². The Morgan fingerprint density at radius 1 is 0.882 bits per heavy atom. The molecule has 0 aromatic heterocycles. The zero-order chi connectivity index (χ0) is 24.6. The molecular formula is C29H44O5. The first-order valence-corrected chi connectivity index (χ1v) is 13.6. The molecular weight excluding hydrogens is 428 g/mol. The van der Waals surface area contributed by atoms with Gasteiger partial charge in [-0.1, -0.05) is 66.5 Å². The number of esters is 2. The van der Waals surface area contributed by atoms with Gasteiger partial charge in [0, 0.05) is 6.08 Å². The van der Waals surface area contributed by atoms with E-state index in [0.29, 0.717) is 41.1 Å². The Kier molecular flexibility index (Phi) is 7.91. The molecule has 34 heavy (non-hydrogen) atoms. The Hall–Kier alpha value is -1.62. The van der Waals surface area contributed by atoms with Gasteiger partial charge in [-0.3, -0.25) is 4.79 Å². The third-order valence-electron chi connectivity index (χ3n) is 8.79. The summed E-state index contributed by atoms with van der Waals surface area (Å²) in [7, 11) is 0. The molecule has 5 nitrogen and oxygen atoms in total. The third-order valence-corrected chi connectivity index (χ3v) is 8.79. The van der Waals surface area contributed by atoms with Crippen LogP contribution in [-0.4, -0.2) is 36.4 Å². The number of hydrogen-bond acceptors (Lipinski definition) is 5. The summed E-state index contributed by atoms with van der Waals surface area (Å²) in [5.74, 6) is 1.66. The van der Waals surface area contributed by atoms with Crippen molar-refractivity contribution in [2.24, 2.45) is 41.4 Å². The summed E-state index contributed by atoms with van der Waals surface area (Å²) in [5.41, 5.74) is 0.692. The summed E-state index contributed by atoms with van der Waals surface area (Å²) in [6.07, 6.45) is 10.9. The fraction of sp³-hybridized carbons (Fsp3) is 0.793. The molecule has 2 aliphatic heterocycles. The van der Waals surface area contributed by atoms with E-state index in [1.165, 1.54) is 18.9 Å². The molecule has 0 aromatic rings. The molecule has 190 valence electrons. The van der Waals surface area contributed by atoms with E-state index in [2.05, 4.69) is 41.5 Å². The molecule has 0 spiro atoms. The lowest BCUT2D eigenvalue weighted by Crippen LogP contribution is -2.39. The van der Waals surface area contributed by atoms with Crippen LogP contribution < -0.4 is 0 Å². The van der Waals surface area contributed by atoms with Crippen molar-refractivity contribution in [1.82, 2.24) is 0 Å². The molecule has 5 heteroatoms. The molecule has 0 radical (unpaired) electrons. The van der Waals surface area contributed by atoms with E-state index in [4.69, 9.17) is 14.2 Å². The van der Waals surface area contributed by atoms with Crippen molar-refractivity contribution in [3.63, 3.8) is 0 Å². The molecule has 4 rings (SSSR count). The van der Waals surface area contributed by atoms with Gasteiger partial charge in [0.05, 0.1) is 12.2 Å². The Morgan fingerprint density at radius 3 is 2.00 bits per heavy atom. The minimum Gasteiger partial charge on any atom is -0.462 e. The summed E-state index contributed by atoms with van der Waals surface area (Å²) >= 11 is 0. The number of hydrogen-bond donors (Lipinski definition) is 0. The van der Waals surface area contributed by atoms with Crippen molar-refractivity contribution in [3.8, 4) is 0 Å². The first-order chi connectivity index (χ1) is 16.1. The van der Waals surface area contributed by atoms with Crippen LogP contribution in [0.15, 0.2) is 23.8 Å². The van der Waals surface area contributed by atoms with Gasteiger partial charge in [0.25, 0.3) is 0 Å². The highest BCUT2D eigenvalue weighted by atomic mass is 16.6. The summed E-state index contributed by atoms with van der Waals surface area (Å²) in [6.45, 7) is 13.3. The van der Waals surface area contributed by atoms with E-state index in [1.807, 2.05) is 12.2 Å². The molecule has 1 saturated heterocycles.